The van der Waals surface area contributed by atoms with Gasteiger partial charge in [-0.2, -0.15) is 0 Å². The van der Waals surface area contributed by atoms with E-state index < -0.39 is 8.80 Å². The van der Waals surface area contributed by atoms with Gasteiger partial charge in [-0.15, -0.1) is 0 Å². The fourth-order valence-corrected chi connectivity index (χ4v) is 4.94. The molecule has 0 aromatic carbocycles. The largest absolute Gasteiger partial charge is 0.504 e. The number of rotatable bonds is 8. The van der Waals surface area contributed by atoms with Crippen LogP contribution in [0, 0.1) is 12.0 Å². The van der Waals surface area contributed by atoms with Gasteiger partial charge in [0.2, 0.25) is 0 Å². The third kappa shape index (κ3) is 4.16. The van der Waals surface area contributed by atoms with Gasteiger partial charge < -0.3 is 13.3 Å². The molecule has 1 aliphatic rings. The van der Waals surface area contributed by atoms with Crippen LogP contribution >= 0.6 is 0 Å². The topological polar surface area (TPSA) is 27.7 Å². The third-order valence-corrected chi connectivity index (χ3v) is 5.83. The summed E-state index contributed by atoms with van der Waals surface area (Å²) in [5.74, 6) is 0.635. The lowest BCUT2D eigenvalue weighted by Crippen LogP contribution is -2.48. The molecule has 1 aliphatic carbocycles. The molecule has 0 heterocycles. The van der Waals surface area contributed by atoms with E-state index in [9.17, 15) is 0 Å². The van der Waals surface area contributed by atoms with Crippen molar-refractivity contribution in [3.05, 3.63) is 6.04 Å². The second kappa shape index (κ2) is 7.43. The summed E-state index contributed by atoms with van der Waals surface area (Å²) in [5.41, 5.74) is 0. The van der Waals surface area contributed by atoms with Crippen LogP contribution in [-0.4, -0.2) is 28.6 Å². The minimum Gasteiger partial charge on any atom is -0.374 e. The van der Waals surface area contributed by atoms with Gasteiger partial charge in [0.05, 0.1) is 0 Å². The fourth-order valence-electron chi connectivity index (χ4n) is 2.29. The fraction of sp³-hybridized carbons (Fsp3) is 0.917. The molecule has 0 atom stereocenters. The van der Waals surface area contributed by atoms with E-state index in [1.54, 1.807) is 0 Å². The first kappa shape index (κ1) is 14.2. The van der Waals surface area contributed by atoms with Crippen molar-refractivity contribution in [3.63, 3.8) is 0 Å². The lowest BCUT2D eigenvalue weighted by molar-refractivity contribution is 0.0764. The second-order valence-electron chi connectivity index (χ2n) is 4.11. The van der Waals surface area contributed by atoms with Crippen molar-refractivity contribution < 1.29 is 13.3 Å². The smallest absolute Gasteiger partial charge is 0.374 e. The maximum Gasteiger partial charge on any atom is 0.504 e. The minimum atomic E-state index is -2.49. The maximum absolute atomic E-state index is 5.81. The molecule has 0 unspecified atom stereocenters. The Balaban J connectivity index is 2.56. The molecule has 0 aromatic heterocycles. The van der Waals surface area contributed by atoms with Gasteiger partial charge in [0, 0.05) is 25.9 Å². The molecule has 0 saturated heterocycles. The van der Waals surface area contributed by atoms with Crippen LogP contribution in [0.25, 0.3) is 0 Å². The molecule has 0 spiro atoms. The predicted molar refractivity (Wildman–Crippen MR) is 66.9 cm³/mol. The van der Waals surface area contributed by atoms with Crippen LogP contribution in [0.1, 0.15) is 46.5 Å². The van der Waals surface area contributed by atoms with Gasteiger partial charge >= 0.3 is 8.80 Å². The highest BCUT2D eigenvalue weighted by atomic mass is 28.4. The van der Waals surface area contributed by atoms with E-state index >= 15 is 0 Å². The summed E-state index contributed by atoms with van der Waals surface area (Å²) in [4.78, 5) is 0. The van der Waals surface area contributed by atoms with Crippen LogP contribution in [0.5, 0.6) is 0 Å². The Labute approximate surface area is 101 Å². The number of hydrogen-bond acceptors (Lipinski definition) is 3. The molecule has 4 heteroatoms. The van der Waals surface area contributed by atoms with E-state index in [4.69, 9.17) is 13.3 Å². The van der Waals surface area contributed by atoms with Gasteiger partial charge in [-0.3, -0.25) is 0 Å². The lowest BCUT2D eigenvalue weighted by atomic mass is 10.1. The number of hydrogen-bond donors (Lipinski definition) is 0. The summed E-state index contributed by atoms with van der Waals surface area (Å²) in [6.45, 7) is 7.99. The first-order chi connectivity index (χ1) is 7.76. The van der Waals surface area contributed by atoms with Crippen LogP contribution in [0.15, 0.2) is 0 Å². The van der Waals surface area contributed by atoms with Crippen LogP contribution in [0.4, 0.5) is 0 Å². The predicted octanol–water partition coefficient (Wildman–Crippen LogP) is 2.97. The van der Waals surface area contributed by atoms with Crippen molar-refractivity contribution in [2.24, 2.45) is 5.92 Å². The normalized spacial score (nSPS) is 18.2. The van der Waals surface area contributed by atoms with Crippen molar-refractivity contribution in [2.75, 3.05) is 19.8 Å². The standard InChI is InChI=1S/C12H25O3Si/c1-4-13-16(14-5-2,15-6-3)11-12-9-7-8-10-12/h11-12H,4-10H2,1-3H3. The Hall–Kier alpha value is 0.0969. The van der Waals surface area contributed by atoms with E-state index in [0.29, 0.717) is 25.7 Å². The van der Waals surface area contributed by atoms with Crippen molar-refractivity contribution in [3.8, 4) is 0 Å². The molecule has 0 aromatic rings. The van der Waals surface area contributed by atoms with Gasteiger partial charge in [-0.05, 0) is 26.7 Å². The van der Waals surface area contributed by atoms with Crippen LogP contribution in [0.2, 0.25) is 0 Å². The highest BCUT2D eigenvalue weighted by molar-refractivity contribution is 6.64. The van der Waals surface area contributed by atoms with Gasteiger partial charge in [-0.25, -0.2) is 0 Å². The van der Waals surface area contributed by atoms with Crippen LogP contribution < -0.4 is 0 Å². The molecular formula is C12H25O3Si. The van der Waals surface area contributed by atoms with Gasteiger partial charge in [0.1, 0.15) is 0 Å². The first-order valence-electron chi connectivity index (χ1n) is 6.54. The zero-order valence-corrected chi connectivity index (χ0v) is 11.8. The van der Waals surface area contributed by atoms with E-state index in [0.717, 1.165) is 0 Å². The molecular weight excluding hydrogens is 220 g/mol. The molecule has 3 nitrogen and oxygen atoms in total. The quantitative estimate of drug-likeness (QED) is 0.615. The highest BCUT2D eigenvalue weighted by Gasteiger charge is 2.43. The van der Waals surface area contributed by atoms with Crippen molar-refractivity contribution in [1.29, 1.82) is 0 Å². The molecule has 1 saturated carbocycles. The summed E-state index contributed by atoms with van der Waals surface area (Å²) < 4.78 is 17.4. The average molecular weight is 245 g/mol. The monoisotopic (exact) mass is 245 g/mol. The van der Waals surface area contributed by atoms with Crippen LogP contribution in [-0.2, 0) is 13.3 Å². The van der Waals surface area contributed by atoms with Gasteiger partial charge in [0.25, 0.3) is 0 Å². The zero-order chi connectivity index (χ0) is 11.9. The van der Waals surface area contributed by atoms with E-state index in [-0.39, 0.29) is 0 Å². The SMILES string of the molecule is CCO[Si]([CH]C1CCCC1)(OCC)OCC. The Morgan fingerprint density at radius 1 is 0.938 bits per heavy atom. The molecule has 1 radical (unpaired) electrons. The molecule has 1 rings (SSSR count). The zero-order valence-electron chi connectivity index (χ0n) is 10.8. The molecule has 0 N–H and O–H groups in total. The molecule has 1 fully saturated rings. The Kier molecular flexibility index (Phi) is 6.57. The van der Waals surface area contributed by atoms with E-state index in [1.807, 2.05) is 20.8 Å². The molecule has 16 heavy (non-hydrogen) atoms. The average Bonchev–Trinajstić information content (AvgIpc) is 2.71. The minimum absolute atomic E-state index is 0.635. The van der Waals surface area contributed by atoms with Crippen LogP contribution in [0.3, 0.4) is 0 Å². The van der Waals surface area contributed by atoms with Crippen molar-refractivity contribution in [1.82, 2.24) is 0 Å². The van der Waals surface area contributed by atoms with Gasteiger partial charge in [-0.1, -0.05) is 25.7 Å². The summed E-state index contributed by atoms with van der Waals surface area (Å²) >= 11 is 0. The molecule has 95 valence electrons. The second-order valence-corrected chi connectivity index (χ2v) is 6.52. The Morgan fingerprint density at radius 2 is 1.38 bits per heavy atom. The first-order valence-corrected chi connectivity index (χ1v) is 8.34. The maximum atomic E-state index is 5.81. The van der Waals surface area contributed by atoms with E-state index in [1.165, 1.54) is 25.7 Å². The highest BCUT2D eigenvalue weighted by Crippen LogP contribution is 2.31. The molecule has 0 amide bonds. The Bertz CT molecular complexity index is 164. The van der Waals surface area contributed by atoms with Crippen molar-refractivity contribution in [2.45, 2.75) is 46.5 Å². The van der Waals surface area contributed by atoms with Gasteiger partial charge in [0.15, 0.2) is 0 Å². The van der Waals surface area contributed by atoms with Crippen molar-refractivity contribution >= 4 is 8.80 Å². The summed E-state index contributed by atoms with van der Waals surface area (Å²) in [5, 5.41) is 0. The summed E-state index contributed by atoms with van der Waals surface area (Å²) in [7, 11) is -2.49. The lowest BCUT2D eigenvalue weighted by Gasteiger charge is -2.30. The summed E-state index contributed by atoms with van der Waals surface area (Å²) in [6.07, 6.45) is 5.19. The Morgan fingerprint density at radius 3 is 1.75 bits per heavy atom. The van der Waals surface area contributed by atoms with E-state index in [2.05, 4.69) is 6.04 Å². The third-order valence-electron chi connectivity index (χ3n) is 2.88. The summed E-state index contributed by atoms with van der Waals surface area (Å²) in [6, 6.07) is 2.26. The molecule has 0 bridgehead atoms. The molecule has 0 aliphatic heterocycles.